The van der Waals surface area contributed by atoms with Crippen LogP contribution in [0.1, 0.15) is 226 Å². The summed E-state index contributed by atoms with van der Waals surface area (Å²) in [5.41, 5.74) is 0. The minimum Gasteiger partial charge on any atom is -0.462 e. The summed E-state index contributed by atoms with van der Waals surface area (Å²) in [7, 11) is 0. The lowest BCUT2D eigenvalue weighted by Gasteiger charge is -2.15. The predicted molar refractivity (Wildman–Crippen MR) is 196 cm³/mol. The molecule has 1 N–H and O–H groups in total. The highest BCUT2D eigenvalue weighted by atomic mass is 16.6. The zero-order valence-electron chi connectivity index (χ0n) is 31.3. The molecule has 0 aromatic rings. The van der Waals surface area contributed by atoms with Crippen molar-refractivity contribution < 1.29 is 24.2 Å². The normalized spacial score (nSPS) is 12.1. The molecule has 0 fully saturated rings. The van der Waals surface area contributed by atoms with Gasteiger partial charge in [-0.1, -0.05) is 201 Å². The Balaban J connectivity index is 3.45. The van der Waals surface area contributed by atoms with E-state index in [-0.39, 0.29) is 25.2 Å². The van der Waals surface area contributed by atoms with Gasteiger partial charge in [-0.3, -0.25) is 9.59 Å². The van der Waals surface area contributed by atoms with E-state index in [1.54, 1.807) is 0 Å². The number of hydrogen-bond acceptors (Lipinski definition) is 5. The van der Waals surface area contributed by atoms with Crippen molar-refractivity contribution in [2.75, 3.05) is 13.2 Å². The summed E-state index contributed by atoms with van der Waals surface area (Å²) in [6, 6.07) is 0. The smallest absolute Gasteiger partial charge is 0.306 e. The molecule has 0 saturated heterocycles. The summed E-state index contributed by atoms with van der Waals surface area (Å²) < 4.78 is 10.6. The third kappa shape index (κ3) is 35.7. The number of aliphatic hydroxyl groups excluding tert-OH is 1. The number of carbonyl (C=O) groups excluding carboxylic acids is 2. The molecule has 46 heavy (non-hydrogen) atoms. The van der Waals surface area contributed by atoms with E-state index in [9.17, 15) is 14.7 Å². The van der Waals surface area contributed by atoms with Crippen LogP contribution < -0.4 is 0 Å². The molecule has 0 unspecified atom stereocenters. The number of aliphatic hydroxyl groups is 1. The lowest BCUT2D eigenvalue weighted by molar-refractivity contribution is -0.161. The Morgan fingerprint density at radius 3 is 1.15 bits per heavy atom. The zero-order chi connectivity index (χ0) is 33.8. The highest BCUT2D eigenvalue weighted by Gasteiger charge is 2.16. The average molecular weight is 653 g/mol. The topological polar surface area (TPSA) is 72.8 Å². The van der Waals surface area contributed by atoms with Crippen LogP contribution >= 0.6 is 0 Å². The molecule has 274 valence electrons. The fraction of sp³-hybridized carbons (Fsp3) is 0.951. The number of ether oxygens (including phenoxy) is 2. The maximum atomic E-state index is 12.2. The van der Waals surface area contributed by atoms with Gasteiger partial charge in [-0.05, 0) is 18.8 Å². The summed E-state index contributed by atoms with van der Waals surface area (Å²) in [6.07, 6.45) is 38.8. The molecule has 0 rings (SSSR count). The summed E-state index contributed by atoms with van der Waals surface area (Å²) in [4.78, 5) is 24.2. The molecule has 0 aliphatic carbocycles. The number of esters is 2. The van der Waals surface area contributed by atoms with Gasteiger partial charge in [0.1, 0.15) is 6.61 Å². The van der Waals surface area contributed by atoms with Gasteiger partial charge in [-0.15, -0.1) is 0 Å². The fourth-order valence-electron chi connectivity index (χ4n) is 6.21. The summed E-state index contributed by atoms with van der Waals surface area (Å²) in [5.74, 6) is 0.287. The van der Waals surface area contributed by atoms with Crippen LogP contribution in [0.4, 0.5) is 0 Å². The molecule has 0 heterocycles. The molecule has 1 atom stereocenters. The van der Waals surface area contributed by atoms with Gasteiger partial charge in [0.05, 0.1) is 6.61 Å². The van der Waals surface area contributed by atoms with Gasteiger partial charge in [-0.2, -0.15) is 0 Å². The fourth-order valence-corrected chi connectivity index (χ4v) is 6.21. The minimum atomic E-state index is -0.761. The first-order valence-corrected chi connectivity index (χ1v) is 20.5. The van der Waals surface area contributed by atoms with E-state index in [2.05, 4.69) is 20.8 Å². The molecule has 0 aromatic heterocycles. The van der Waals surface area contributed by atoms with Crippen molar-refractivity contribution in [3.8, 4) is 0 Å². The molecule has 0 saturated carbocycles. The van der Waals surface area contributed by atoms with Crippen molar-refractivity contribution in [2.45, 2.75) is 232 Å². The van der Waals surface area contributed by atoms with Gasteiger partial charge >= 0.3 is 11.9 Å². The van der Waals surface area contributed by atoms with Gasteiger partial charge < -0.3 is 14.6 Å². The Hall–Kier alpha value is -1.10. The summed E-state index contributed by atoms with van der Waals surface area (Å²) in [5, 5.41) is 9.54. The molecule has 0 aliphatic heterocycles. The van der Waals surface area contributed by atoms with Crippen LogP contribution in [0.3, 0.4) is 0 Å². The Morgan fingerprint density at radius 2 is 0.804 bits per heavy atom. The summed E-state index contributed by atoms with van der Waals surface area (Å²) >= 11 is 0. The second-order valence-corrected chi connectivity index (χ2v) is 14.6. The van der Waals surface area contributed by atoms with Crippen molar-refractivity contribution in [1.29, 1.82) is 0 Å². The van der Waals surface area contributed by atoms with Crippen LogP contribution in [0.2, 0.25) is 0 Å². The van der Waals surface area contributed by atoms with Gasteiger partial charge in [0.15, 0.2) is 6.10 Å². The Kier molecular flexibility index (Phi) is 35.9. The Labute approximate surface area is 287 Å². The van der Waals surface area contributed by atoms with E-state index >= 15 is 0 Å². The maximum Gasteiger partial charge on any atom is 0.306 e. The molecule has 5 nitrogen and oxygen atoms in total. The van der Waals surface area contributed by atoms with E-state index < -0.39 is 6.10 Å². The first-order valence-electron chi connectivity index (χ1n) is 20.5. The molecular weight excluding hydrogens is 572 g/mol. The Morgan fingerprint density at radius 1 is 0.478 bits per heavy atom. The van der Waals surface area contributed by atoms with Crippen molar-refractivity contribution in [2.24, 2.45) is 5.92 Å². The standard InChI is InChI=1S/C41H80O5/c1-4-5-6-7-8-9-18-22-25-28-31-34-40(43)45-37-39(36-42)46-41(44)35-32-29-26-23-20-17-15-13-11-10-12-14-16-19-21-24-27-30-33-38(2)3/h38-39,42H,4-37H2,1-3H3/t39-/m0/s1. The van der Waals surface area contributed by atoms with Gasteiger partial charge in [-0.25, -0.2) is 0 Å². The van der Waals surface area contributed by atoms with Crippen molar-refractivity contribution >= 4 is 11.9 Å². The van der Waals surface area contributed by atoms with E-state index in [1.807, 2.05) is 0 Å². The molecule has 5 heteroatoms. The van der Waals surface area contributed by atoms with E-state index in [4.69, 9.17) is 9.47 Å². The van der Waals surface area contributed by atoms with Crippen LogP contribution in [0, 0.1) is 5.92 Å². The van der Waals surface area contributed by atoms with Gasteiger partial charge in [0.25, 0.3) is 0 Å². The molecule has 0 bridgehead atoms. The van der Waals surface area contributed by atoms with Gasteiger partial charge in [0, 0.05) is 12.8 Å². The maximum absolute atomic E-state index is 12.2. The SMILES string of the molecule is CCCCCCCCCCCCCC(=O)OC[C@H](CO)OC(=O)CCCCCCCCCCCCCCCCCCCCC(C)C. The summed E-state index contributed by atoms with van der Waals surface area (Å²) in [6.45, 7) is 6.52. The number of carbonyl (C=O) groups is 2. The molecular formula is C41H80O5. The molecule has 0 aromatic carbocycles. The second-order valence-electron chi connectivity index (χ2n) is 14.6. The first kappa shape index (κ1) is 44.9. The first-order chi connectivity index (χ1) is 22.5. The minimum absolute atomic E-state index is 0.0577. The monoisotopic (exact) mass is 653 g/mol. The molecule has 0 radical (unpaired) electrons. The van der Waals surface area contributed by atoms with E-state index in [1.165, 1.54) is 154 Å². The number of unbranched alkanes of at least 4 members (excludes halogenated alkanes) is 27. The van der Waals surface area contributed by atoms with Crippen LogP contribution in [-0.4, -0.2) is 36.4 Å². The van der Waals surface area contributed by atoms with E-state index in [0.717, 1.165) is 44.4 Å². The van der Waals surface area contributed by atoms with Crippen LogP contribution in [-0.2, 0) is 19.1 Å². The van der Waals surface area contributed by atoms with Crippen molar-refractivity contribution in [1.82, 2.24) is 0 Å². The number of hydrogen-bond donors (Lipinski definition) is 1. The highest BCUT2D eigenvalue weighted by molar-refractivity contribution is 5.70. The van der Waals surface area contributed by atoms with Crippen LogP contribution in [0.5, 0.6) is 0 Å². The quantitative estimate of drug-likeness (QED) is 0.0534. The Bertz CT molecular complexity index is 634. The van der Waals surface area contributed by atoms with E-state index in [0.29, 0.717) is 12.8 Å². The third-order valence-electron chi connectivity index (χ3n) is 9.33. The lowest BCUT2D eigenvalue weighted by Crippen LogP contribution is -2.28. The van der Waals surface area contributed by atoms with Crippen molar-refractivity contribution in [3.05, 3.63) is 0 Å². The largest absolute Gasteiger partial charge is 0.462 e. The lowest BCUT2D eigenvalue weighted by atomic mass is 10.0. The van der Waals surface area contributed by atoms with Crippen LogP contribution in [0.25, 0.3) is 0 Å². The zero-order valence-corrected chi connectivity index (χ0v) is 31.3. The molecule has 0 aliphatic rings. The third-order valence-corrected chi connectivity index (χ3v) is 9.33. The second kappa shape index (κ2) is 36.7. The van der Waals surface area contributed by atoms with Gasteiger partial charge in [0.2, 0.25) is 0 Å². The average Bonchev–Trinajstić information content (AvgIpc) is 3.04. The van der Waals surface area contributed by atoms with Crippen LogP contribution in [0.15, 0.2) is 0 Å². The number of rotatable bonds is 37. The molecule has 0 amide bonds. The predicted octanol–water partition coefficient (Wildman–Crippen LogP) is 12.6. The van der Waals surface area contributed by atoms with Crippen molar-refractivity contribution in [3.63, 3.8) is 0 Å². The molecule has 0 spiro atoms. The highest BCUT2D eigenvalue weighted by Crippen LogP contribution is 2.16.